The fraction of sp³-hybridized carbons (Fsp3) is 0.263. The van der Waals surface area contributed by atoms with Gasteiger partial charge in [-0.1, -0.05) is 12.1 Å². The molecular weight excluding hydrogens is 450 g/mol. The predicted molar refractivity (Wildman–Crippen MR) is 96.5 cm³/mol. The zero-order valence-corrected chi connectivity index (χ0v) is 15.8. The average molecular weight is 464 g/mol. The summed E-state index contributed by atoms with van der Waals surface area (Å²) in [5.41, 5.74) is -3.77. The summed E-state index contributed by atoms with van der Waals surface area (Å²) in [5, 5.41) is 22.0. The van der Waals surface area contributed by atoms with Crippen LogP contribution >= 0.6 is 0 Å². The lowest BCUT2D eigenvalue weighted by Gasteiger charge is -2.16. The number of amides is 1. The van der Waals surface area contributed by atoms with E-state index in [1.54, 1.807) is 0 Å². The summed E-state index contributed by atoms with van der Waals surface area (Å²) >= 11 is 0. The molecule has 1 atom stereocenters. The van der Waals surface area contributed by atoms with Crippen LogP contribution in [0.1, 0.15) is 22.3 Å². The van der Waals surface area contributed by atoms with Crippen LogP contribution in [0.15, 0.2) is 42.5 Å². The van der Waals surface area contributed by atoms with Crippen molar-refractivity contribution in [1.29, 1.82) is 0 Å². The molecule has 2 N–H and O–H groups in total. The van der Waals surface area contributed by atoms with Gasteiger partial charge in [0.25, 0.3) is 5.69 Å². The van der Waals surface area contributed by atoms with E-state index < -0.39 is 58.3 Å². The molecule has 0 spiro atoms. The molecule has 0 radical (unpaired) electrons. The Balaban J connectivity index is 2.19. The highest BCUT2D eigenvalue weighted by Gasteiger charge is 2.37. The van der Waals surface area contributed by atoms with E-state index in [0.717, 1.165) is 12.1 Å². The highest BCUT2D eigenvalue weighted by molar-refractivity contribution is 5.85. The Morgan fingerprint density at radius 2 is 1.44 bits per heavy atom. The second-order valence-corrected chi connectivity index (χ2v) is 6.68. The molecular formula is C19H14F6N2O5. The Kier molecular flexibility index (Phi) is 7.11. The number of nitrogens with one attached hydrogen (secondary N) is 1. The van der Waals surface area contributed by atoms with Crippen LogP contribution in [-0.4, -0.2) is 27.9 Å². The maximum absolute atomic E-state index is 12.9. The predicted octanol–water partition coefficient (Wildman–Crippen LogP) is 3.99. The van der Waals surface area contributed by atoms with Crippen LogP contribution in [0, 0.1) is 10.1 Å². The number of alkyl halides is 6. The Hall–Kier alpha value is -3.64. The molecule has 0 aliphatic rings. The summed E-state index contributed by atoms with van der Waals surface area (Å²) in [5.74, 6) is -2.64. The quantitative estimate of drug-likeness (QED) is 0.366. The van der Waals surface area contributed by atoms with E-state index in [4.69, 9.17) is 0 Å². The molecule has 0 aromatic heterocycles. The van der Waals surface area contributed by atoms with Crippen molar-refractivity contribution in [3.8, 4) is 0 Å². The molecule has 0 fully saturated rings. The van der Waals surface area contributed by atoms with Gasteiger partial charge in [0.2, 0.25) is 5.91 Å². The van der Waals surface area contributed by atoms with E-state index in [1.807, 2.05) is 5.32 Å². The van der Waals surface area contributed by atoms with Gasteiger partial charge in [0, 0.05) is 18.6 Å². The molecule has 0 aliphatic carbocycles. The van der Waals surface area contributed by atoms with Gasteiger partial charge in [-0.2, -0.15) is 26.3 Å². The minimum absolute atomic E-state index is 0.0873. The van der Waals surface area contributed by atoms with Gasteiger partial charge >= 0.3 is 18.3 Å². The number of hydrogen-bond donors (Lipinski definition) is 2. The lowest BCUT2D eigenvalue weighted by atomic mass is 10.0. The molecule has 7 nitrogen and oxygen atoms in total. The maximum Gasteiger partial charge on any atom is 0.416 e. The average Bonchev–Trinajstić information content (AvgIpc) is 2.66. The van der Waals surface area contributed by atoms with E-state index in [9.17, 15) is 51.2 Å². The van der Waals surface area contributed by atoms with Crippen LogP contribution in [-0.2, 0) is 34.8 Å². The fourth-order valence-electron chi connectivity index (χ4n) is 2.74. The number of hydrogen-bond acceptors (Lipinski definition) is 4. The number of rotatable bonds is 7. The third kappa shape index (κ3) is 6.68. The number of aliphatic carboxylic acids is 1. The molecule has 13 heteroatoms. The van der Waals surface area contributed by atoms with E-state index in [2.05, 4.69) is 0 Å². The number of nitrogens with zero attached hydrogens (tertiary/aromatic N) is 1. The van der Waals surface area contributed by atoms with Crippen molar-refractivity contribution in [2.45, 2.75) is 31.2 Å². The largest absolute Gasteiger partial charge is 0.480 e. The summed E-state index contributed by atoms with van der Waals surface area (Å²) in [7, 11) is 0. The number of benzene rings is 2. The van der Waals surface area contributed by atoms with Crippen molar-refractivity contribution >= 4 is 17.6 Å². The van der Waals surface area contributed by atoms with Gasteiger partial charge in [0.1, 0.15) is 6.04 Å². The number of non-ortho nitro benzene ring substituents is 1. The van der Waals surface area contributed by atoms with Gasteiger partial charge < -0.3 is 10.4 Å². The number of carbonyl (C=O) groups is 2. The van der Waals surface area contributed by atoms with E-state index in [-0.39, 0.29) is 18.2 Å². The van der Waals surface area contributed by atoms with Crippen LogP contribution in [0.25, 0.3) is 0 Å². The first-order valence-electron chi connectivity index (χ1n) is 8.70. The molecule has 2 aromatic carbocycles. The Labute approximate surface area is 175 Å². The molecule has 0 saturated heterocycles. The summed E-state index contributed by atoms with van der Waals surface area (Å²) in [6.07, 6.45) is -11.4. The van der Waals surface area contributed by atoms with Gasteiger partial charge in [0.05, 0.1) is 22.5 Å². The van der Waals surface area contributed by atoms with Gasteiger partial charge in [-0.3, -0.25) is 14.9 Å². The minimum atomic E-state index is -5.09. The molecule has 0 bridgehead atoms. The number of carbonyl (C=O) groups excluding carboxylic acids is 1. The molecule has 172 valence electrons. The molecule has 0 heterocycles. The van der Waals surface area contributed by atoms with E-state index >= 15 is 0 Å². The van der Waals surface area contributed by atoms with Crippen molar-refractivity contribution in [3.63, 3.8) is 0 Å². The molecule has 2 rings (SSSR count). The first-order valence-corrected chi connectivity index (χ1v) is 8.70. The standard InChI is InChI=1S/C19H14F6N2O5/c20-18(21,22)12-5-11(6-13(9-12)19(23,24)25)8-16(28)26-15(17(29)30)7-10-1-3-14(4-2-10)27(31)32/h1-6,9,15H,7-8H2,(H,26,28)(H,29,30)/t15-/m0/s1. The Bertz CT molecular complexity index is 986. The summed E-state index contributed by atoms with van der Waals surface area (Å²) in [4.78, 5) is 33.5. The van der Waals surface area contributed by atoms with Crippen LogP contribution < -0.4 is 5.32 Å². The van der Waals surface area contributed by atoms with Crippen LogP contribution in [0.3, 0.4) is 0 Å². The van der Waals surface area contributed by atoms with Crippen molar-refractivity contribution in [2.75, 3.05) is 0 Å². The third-order valence-electron chi connectivity index (χ3n) is 4.23. The van der Waals surface area contributed by atoms with Crippen LogP contribution in [0.4, 0.5) is 32.0 Å². The normalized spacial score (nSPS) is 12.8. The number of halogens is 6. The highest BCUT2D eigenvalue weighted by Crippen LogP contribution is 2.36. The molecule has 0 aliphatic heterocycles. The van der Waals surface area contributed by atoms with Crippen molar-refractivity contribution < 1.29 is 46.0 Å². The van der Waals surface area contributed by atoms with Crippen LogP contribution in [0.2, 0.25) is 0 Å². The zero-order valence-electron chi connectivity index (χ0n) is 15.8. The van der Waals surface area contributed by atoms with Gasteiger partial charge in [-0.05, 0) is 29.3 Å². The topological polar surface area (TPSA) is 110 Å². The van der Waals surface area contributed by atoms with Gasteiger partial charge in [-0.15, -0.1) is 0 Å². The second-order valence-electron chi connectivity index (χ2n) is 6.68. The number of nitro benzene ring substituents is 1. The summed E-state index contributed by atoms with van der Waals surface area (Å²) < 4.78 is 77.5. The SMILES string of the molecule is O=C(Cc1cc(C(F)(F)F)cc(C(F)(F)F)c1)N[C@@H](Cc1ccc([N+](=O)[O-])cc1)C(=O)O. The molecule has 1 amide bonds. The van der Waals surface area contributed by atoms with Crippen molar-refractivity contribution in [1.82, 2.24) is 5.32 Å². The second kappa shape index (κ2) is 9.24. The fourth-order valence-corrected chi connectivity index (χ4v) is 2.74. The Morgan fingerprint density at radius 1 is 0.938 bits per heavy atom. The molecule has 0 unspecified atom stereocenters. The van der Waals surface area contributed by atoms with Gasteiger partial charge in [0.15, 0.2) is 0 Å². The summed E-state index contributed by atoms with van der Waals surface area (Å²) in [6.45, 7) is 0. The molecule has 0 saturated carbocycles. The van der Waals surface area contributed by atoms with E-state index in [0.29, 0.717) is 17.7 Å². The number of carboxylic acid groups (broad SMARTS) is 1. The highest BCUT2D eigenvalue weighted by atomic mass is 19.4. The van der Waals surface area contributed by atoms with Crippen molar-refractivity contribution in [2.24, 2.45) is 0 Å². The minimum Gasteiger partial charge on any atom is -0.480 e. The lowest BCUT2D eigenvalue weighted by Crippen LogP contribution is -2.43. The lowest BCUT2D eigenvalue weighted by molar-refractivity contribution is -0.384. The zero-order chi connectivity index (χ0) is 24.3. The molecule has 2 aromatic rings. The molecule has 32 heavy (non-hydrogen) atoms. The number of carboxylic acids is 1. The van der Waals surface area contributed by atoms with Crippen molar-refractivity contribution in [3.05, 3.63) is 74.8 Å². The van der Waals surface area contributed by atoms with Crippen LogP contribution in [0.5, 0.6) is 0 Å². The van der Waals surface area contributed by atoms with E-state index in [1.165, 1.54) is 12.1 Å². The monoisotopic (exact) mass is 464 g/mol. The Morgan fingerprint density at radius 3 is 1.84 bits per heavy atom. The summed E-state index contributed by atoms with van der Waals surface area (Å²) in [6, 6.07) is 3.81. The van der Waals surface area contributed by atoms with Gasteiger partial charge in [-0.25, -0.2) is 4.79 Å². The number of nitro groups is 1. The first-order chi connectivity index (χ1) is 14.7. The first kappa shape index (κ1) is 24.6. The smallest absolute Gasteiger partial charge is 0.416 e. The third-order valence-corrected chi connectivity index (χ3v) is 4.23. The maximum atomic E-state index is 12.9.